The zero-order chi connectivity index (χ0) is 16.7. The molecule has 1 spiro atoms. The zero-order valence-corrected chi connectivity index (χ0v) is 14.4. The van der Waals surface area contributed by atoms with Gasteiger partial charge >= 0.3 is 0 Å². The molecule has 1 heteroatoms. The molecule has 0 radical (unpaired) electrons. The van der Waals surface area contributed by atoms with Crippen LogP contribution in [0.25, 0.3) is 16.3 Å². The van der Waals surface area contributed by atoms with Gasteiger partial charge in [0.15, 0.2) is 0 Å². The predicted molar refractivity (Wildman–Crippen MR) is 104 cm³/mol. The van der Waals surface area contributed by atoms with Crippen molar-refractivity contribution in [2.24, 2.45) is 0 Å². The Kier molecular flexibility index (Phi) is 3.41. The maximum atomic E-state index is 6.64. The van der Waals surface area contributed by atoms with Gasteiger partial charge in [0.2, 0.25) is 0 Å². The standard InChI is InChI=1S/C24H22O/c1-3-9-18(10-4-1)21-17-24(15-7-2-8-16-24)25-22-14-13-19-11-5-6-12-20(19)23(21)22/h1,3-6,9-14,17H,2,7-8,15-16H2. The summed E-state index contributed by atoms with van der Waals surface area (Å²) in [6.07, 6.45) is 8.49. The number of hydrogen-bond acceptors (Lipinski definition) is 1. The predicted octanol–water partition coefficient (Wildman–Crippen LogP) is 6.37. The first kappa shape index (κ1) is 14.8. The third kappa shape index (κ3) is 2.46. The summed E-state index contributed by atoms with van der Waals surface area (Å²) >= 11 is 0. The van der Waals surface area contributed by atoms with Crippen LogP contribution in [0.3, 0.4) is 0 Å². The van der Waals surface area contributed by atoms with Crippen molar-refractivity contribution in [3.8, 4) is 5.75 Å². The first-order valence-corrected chi connectivity index (χ1v) is 9.34. The minimum absolute atomic E-state index is 0.126. The summed E-state index contributed by atoms with van der Waals surface area (Å²) in [5.74, 6) is 1.04. The molecule has 3 aromatic rings. The number of fused-ring (bicyclic) bond motifs is 3. The first-order chi connectivity index (χ1) is 12.3. The van der Waals surface area contributed by atoms with E-state index in [0.29, 0.717) is 0 Å². The fourth-order valence-corrected chi connectivity index (χ4v) is 4.44. The molecule has 25 heavy (non-hydrogen) atoms. The van der Waals surface area contributed by atoms with Gasteiger partial charge in [-0.15, -0.1) is 0 Å². The van der Waals surface area contributed by atoms with Gasteiger partial charge in [-0.05, 0) is 59.7 Å². The summed E-state index contributed by atoms with van der Waals surface area (Å²) in [6.45, 7) is 0. The fourth-order valence-electron chi connectivity index (χ4n) is 4.44. The van der Waals surface area contributed by atoms with E-state index >= 15 is 0 Å². The lowest BCUT2D eigenvalue weighted by Crippen LogP contribution is -2.38. The van der Waals surface area contributed by atoms with E-state index in [4.69, 9.17) is 4.74 Å². The minimum atomic E-state index is -0.126. The molecule has 1 fully saturated rings. The monoisotopic (exact) mass is 326 g/mol. The molecule has 1 saturated carbocycles. The van der Waals surface area contributed by atoms with Gasteiger partial charge < -0.3 is 4.74 Å². The highest BCUT2D eigenvalue weighted by atomic mass is 16.5. The van der Waals surface area contributed by atoms with Crippen molar-refractivity contribution in [1.82, 2.24) is 0 Å². The molecule has 5 rings (SSSR count). The largest absolute Gasteiger partial charge is 0.483 e. The molecular formula is C24H22O. The molecule has 124 valence electrons. The topological polar surface area (TPSA) is 9.23 Å². The van der Waals surface area contributed by atoms with Crippen LogP contribution >= 0.6 is 0 Å². The van der Waals surface area contributed by atoms with E-state index in [2.05, 4.69) is 72.8 Å². The van der Waals surface area contributed by atoms with Crippen LogP contribution in [0.1, 0.15) is 43.2 Å². The number of rotatable bonds is 1. The summed E-state index contributed by atoms with van der Waals surface area (Å²) in [6, 6.07) is 23.8. The van der Waals surface area contributed by atoms with Gasteiger partial charge in [-0.2, -0.15) is 0 Å². The van der Waals surface area contributed by atoms with E-state index in [-0.39, 0.29) is 5.60 Å². The lowest BCUT2D eigenvalue weighted by molar-refractivity contribution is 0.0749. The van der Waals surface area contributed by atoms with Crippen molar-refractivity contribution in [3.63, 3.8) is 0 Å². The molecule has 0 bridgehead atoms. The average molecular weight is 326 g/mol. The Labute approximate surface area is 149 Å². The Balaban J connectivity index is 1.78. The van der Waals surface area contributed by atoms with Crippen LogP contribution < -0.4 is 4.74 Å². The van der Waals surface area contributed by atoms with Crippen LogP contribution in [0.5, 0.6) is 5.75 Å². The SMILES string of the molecule is C1=C(c2ccccc2)c2c(ccc3ccccc23)OC12CCCCC2. The van der Waals surface area contributed by atoms with Crippen molar-refractivity contribution in [1.29, 1.82) is 0 Å². The van der Waals surface area contributed by atoms with E-state index in [9.17, 15) is 0 Å². The summed E-state index contributed by atoms with van der Waals surface area (Å²) in [5, 5.41) is 2.55. The third-order valence-corrected chi connectivity index (χ3v) is 5.67. The number of ether oxygens (including phenoxy) is 1. The third-order valence-electron chi connectivity index (χ3n) is 5.67. The molecule has 0 N–H and O–H groups in total. The molecule has 1 aliphatic heterocycles. The van der Waals surface area contributed by atoms with Gasteiger partial charge in [-0.25, -0.2) is 0 Å². The second kappa shape index (κ2) is 5.77. The molecule has 3 aromatic carbocycles. The molecule has 0 aromatic heterocycles. The normalized spacial score (nSPS) is 18.5. The van der Waals surface area contributed by atoms with Crippen LogP contribution in [-0.2, 0) is 0 Å². The molecule has 2 aliphatic rings. The summed E-state index contributed by atoms with van der Waals surface area (Å²) < 4.78 is 6.64. The van der Waals surface area contributed by atoms with Crippen molar-refractivity contribution < 1.29 is 4.74 Å². The van der Waals surface area contributed by atoms with Crippen LogP contribution in [0.15, 0.2) is 72.8 Å². The highest BCUT2D eigenvalue weighted by Gasteiger charge is 2.37. The average Bonchev–Trinajstić information content (AvgIpc) is 2.68. The van der Waals surface area contributed by atoms with Crippen molar-refractivity contribution in [2.45, 2.75) is 37.7 Å². The van der Waals surface area contributed by atoms with Crippen LogP contribution in [0.2, 0.25) is 0 Å². The second-order valence-corrected chi connectivity index (χ2v) is 7.31. The maximum absolute atomic E-state index is 6.64. The summed E-state index contributed by atoms with van der Waals surface area (Å²) in [5.41, 5.74) is 3.74. The molecule has 1 heterocycles. The van der Waals surface area contributed by atoms with Crippen LogP contribution in [-0.4, -0.2) is 5.60 Å². The fraction of sp³-hybridized carbons (Fsp3) is 0.250. The van der Waals surface area contributed by atoms with Crippen molar-refractivity contribution in [2.75, 3.05) is 0 Å². The lowest BCUT2D eigenvalue weighted by Gasteiger charge is -2.40. The Morgan fingerprint density at radius 1 is 0.720 bits per heavy atom. The van der Waals surface area contributed by atoms with Gasteiger partial charge in [0.25, 0.3) is 0 Å². The Hall–Kier alpha value is -2.54. The van der Waals surface area contributed by atoms with Gasteiger partial charge in [0.05, 0.1) is 0 Å². The Bertz CT molecular complexity index is 946. The highest BCUT2D eigenvalue weighted by molar-refractivity contribution is 6.01. The second-order valence-electron chi connectivity index (χ2n) is 7.31. The van der Waals surface area contributed by atoms with Gasteiger partial charge in [-0.1, -0.05) is 67.1 Å². The molecule has 1 nitrogen and oxygen atoms in total. The van der Waals surface area contributed by atoms with Gasteiger partial charge in [0, 0.05) is 5.56 Å². The maximum Gasteiger partial charge on any atom is 0.129 e. The minimum Gasteiger partial charge on any atom is -0.483 e. The van der Waals surface area contributed by atoms with Gasteiger partial charge in [-0.3, -0.25) is 0 Å². The van der Waals surface area contributed by atoms with E-state index in [1.54, 1.807) is 0 Å². The van der Waals surface area contributed by atoms with Gasteiger partial charge in [0.1, 0.15) is 11.4 Å². The first-order valence-electron chi connectivity index (χ1n) is 9.34. The summed E-state index contributed by atoms with van der Waals surface area (Å²) in [4.78, 5) is 0. The number of hydrogen-bond donors (Lipinski definition) is 0. The lowest BCUT2D eigenvalue weighted by atomic mass is 9.78. The number of benzene rings is 3. The van der Waals surface area contributed by atoms with Crippen LogP contribution in [0, 0.1) is 0 Å². The van der Waals surface area contributed by atoms with Crippen LogP contribution in [0.4, 0.5) is 0 Å². The van der Waals surface area contributed by atoms with E-state index in [1.165, 1.54) is 46.7 Å². The van der Waals surface area contributed by atoms with Crippen molar-refractivity contribution in [3.05, 3.63) is 83.9 Å². The molecule has 0 unspecified atom stereocenters. The van der Waals surface area contributed by atoms with E-state index in [1.807, 2.05) is 0 Å². The zero-order valence-electron chi connectivity index (χ0n) is 14.4. The molecular weight excluding hydrogens is 304 g/mol. The Morgan fingerprint density at radius 3 is 2.32 bits per heavy atom. The highest BCUT2D eigenvalue weighted by Crippen LogP contribution is 2.47. The summed E-state index contributed by atoms with van der Waals surface area (Å²) in [7, 11) is 0. The quantitative estimate of drug-likeness (QED) is 0.505. The van der Waals surface area contributed by atoms with E-state index < -0.39 is 0 Å². The molecule has 0 atom stereocenters. The van der Waals surface area contributed by atoms with E-state index in [0.717, 1.165) is 18.6 Å². The molecule has 0 amide bonds. The molecule has 1 aliphatic carbocycles. The van der Waals surface area contributed by atoms with Crippen molar-refractivity contribution >= 4 is 16.3 Å². The Morgan fingerprint density at radius 2 is 1.48 bits per heavy atom. The molecule has 0 saturated heterocycles. The smallest absolute Gasteiger partial charge is 0.129 e.